The van der Waals surface area contributed by atoms with Crippen LogP contribution in [0.4, 0.5) is 4.39 Å². The van der Waals surface area contributed by atoms with Crippen molar-refractivity contribution in [2.75, 3.05) is 7.11 Å². The Morgan fingerprint density at radius 1 is 1.17 bits per heavy atom. The van der Waals surface area contributed by atoms with Gasteiger partial charge in [-0.3, -0.25) is 0 Å². The van der Waals surface area contributed by atoms with Gasteiger partial charge in [0, 0.05) is 11.6 Å². The molecule has 0 bridgehead atoms. The number of rotatable bonds is 4. The zero-order valence-electron chi connectivity index (χ0n) is 10.3. The molecule has 2 rings (SSSR count). The highest BCUT2D eigenvalue weighted by Gasteiger charge is 2.13. The third-order valence-corrected chi connectivity index (χ3v) is 2.90. The maximum atomic E-state index is 13.7. The highest BCUT2D eigenvalue weighted by Crippen LogP contribution is 2.23. The quantitative estimate of drug-likeness (QED) is 0.898. The summed E-state index contributed by atoms with van der Waals surface area (Å²) in [4.78, 5) is 0. The number of hydrogen-bond donors (Lipinski definition) is 1. The van der Waals surface area contributed by atoms with E-state index in [-0.39, 0.29) is 11.9 Å². The van der Waals surface area contributed by atoms with E-state index in [9.17, 15) is 4.39 Å². The van der Waals surface area contributed by atoms with E-state index < -0.39 is 0 Å². The summed E-state index contributed by atoms with van der Waals surface area (Å²) in [6.45, 7) is 0. The fourth-order valence-electron chi connectivity index (χ4n) is 1.91. The van der Waals surface area contributed by atoms with Crippen LogP contribution < -0.4 is 10.5 Å². The second-order valence-corrected chi connectivity index (χ2v) is 4.18. The summed E-state index contributed by atoms with van der Waals surface area (Å²) in [7, 11) is 1.56. The van der Waals surface area contributed by atoms with Gasteiger partial charge in [0.25, 0.3) is 0 Å². The van der Waals surface area contributed by atoms with Crippen molar-refractivity contribution in [2.45, 2.75) is 12.5 Å². The highest BCUT2D eigenvalue weighted by molar-refractivity contribution is 5.33. The molecule has 0 aliphatic carbocycles. The first-order valence-corrected chi connectivity index (χ1v) is 5.83. The lowest BCUT2D eigenvalue weighted by molar-refractivity contribution is 0.412. The molecule has 2 aromatic rings. The summed E-state index contributed by atoms with van der Waals surface area (Å²) < 4.78 is 18.8. The molecule has 18 heavy (non-hydrogen) atoms. The summed E-state index contributed by atoms with van der Waals surface area (Å²) in [5.74, 6) is 0.328. The van der Waals surface area contributed by atoms with E-state index >= 15 is 0 Å². The van der Waals surface area contributed by atoms with Gasteiger partial charge < -0.3 is 10.5 Å². The van der Waals surface area contributed by atoms with E-state index in [1.54, 1.807) is 19.2 Å². The third-order valence-electron chi connectivity index (χ3n) is 2.90. The monoisotopic (exact) mass is 245 g/mol. The van der Waals surface area contributed by atoms with Crippen molar-refractivity contribution in [3.63, 3.8) is 0 Å². The Balaban J connectivity index is 2.20. The van der Waals surface area contributed by atoms with E-state index in [1.165, 1.54) is 6.07 Å². The molecule has 0 saturated carbocycles. The van der Waals surface area contributed by atoms with Gasteiger partial charge in [-0.2, -0.15) is 0 Å². The molecule has 2 aromatic carbocycles. The predicted octanol–water partition coefficient (Wildman–Crippen LogP) is 3.08. The molecule has 0 amide bonds. The number of nitrogens with two attached hydrogens (primary N) is 1. The van der Waals surface area contributed by atoms with Crippen LogP contribution in [0.1, 0.15) is 17.2 Å². The minimum atomic E-state index is -0.373. The lowest BCUT2D eigenvalue weighted by Crippen LogP contribution is -2.15. The first-order chi connectivity index (χ1) is 8.70. The van der Waals surface area contributed by atoms with Gasteiger partial charge in [-0.15, -0.1) is 0 Å². The normalized spacial score (nSPS) is 12.2. The molecule has 1 atom stereocenters. The number of methoxy groups -OCH3 is 1. The maximum absolute atomic E-state index is 13.7. The average Bonchev–Trinajstić information content (AvgIpc) is 2.40. The summed E-state index contributed by atoms with van der Waals surface area (Å²) in [5.41, 5.74) is 7.63. The standard InChI is InChI=1S/C15H16FNO/c1-18-12-7-8-14(16)13(10-12)15(17)9-11-5-3-2-4-6-11/h2-8,10,15H,9,17H2,1H3. The summed E-state index contributed by atoms with van der Waals surface area (Å²) in [5, 5.41) is 0. The van der Waals surface area contributed by atoms with Crippen LogP contribution in [0.5, 0.6) is 5.75 Å². The molecule has 0 saturated heterocycles. The van der Waals surface area contributed by atoms with Crippen LogP contribution in [0, 0.1) is 5.82 Å². The number of hydrogen-bond acceptors (Lipinski definition) is 2. The Morgan fingerprint density at radius 2 is 1.89 bits per heavy atom. The fraction of sp³-hybridized carbons (Fsp3) is 0.200. The summed E-state index contributed by atoms with van der Waals surface area (Å²) in [6.07, 6.45) is 0.602. The Kier molecular flexibility index (Phi) is 3.95. The van der Waals surface area contributed by atoms with Gasteiger partial charge in [0.1, 0.15) is 11.6 Å². The van der Waals surface area contributed by atoms with Crippen LogP contribution in [0.2, 0.25) is 0 Å². The number of halogens is 1. The Morgan fingerprint density at radius 3 is 2.56 bits per heavy atom. The van der Waals surface area contributed by atoms with Crippen LogP contribution in [0.3, 0.4) is 0 Å². The Bertz CT molecular complexity index is 513. The third kappa shape index (κ3) is 2.87. The van der Waals surface area contributed by atoms with Gasteiger partial charge in [0.05, 0.1) is 7.11 Å². The minimum absolute atomic E-state index is 0.292. The lowest BCUT2D eigenvalue weighted by atomic mass is 9.99. The molecule has 0 aromatic heterocycles. The largest absolute Gasteiger partial charge is 0.497 e. The number of benzene rings is 2. The smallest absolute Gasteiger partial charge is 0.128 e. The zero-order valence-corrected chi connectivity index (χ0v) is 10.3. The van der Waals surface area contributed by atoms with Crippen molar-refractivity contribution < 1.29 is 9.13 Å². The molecule has 3 heteroatoms. The number of ether oxygens (including phenoxy) is 1. The van der Waals surface area contributed by atoms with Crippen LogP contribution in [0.25, 0.3) is 0 Å². The topological polar surface area (TPSA) is 35.2 Å². The van der Waals surface area contributed by atoms with Gasteiger partial charge in [-0.05, 0) is 30.2 Å². The molecule has 0 spiro atoms. The van der Waals surface area contributed by atoms with Gasteiger partial charge in [0.15, 0.2) is 0 Å². The molecule has 0 heterocycles. The first-order valence-electron chi connectivity index (χ1n) is 5.83. The van der Waals surface area contributed by atoms with Crippen molar-refractivity contribution in [3.05, 3.63) is 65.5 Å². The van der Waals surface area contributed by atoms with Gasteiger partial charge in [-0.25, -0.2) is 4.39 Å². The average molecular weight is 245 g/mol. The molecular formula is C15H16FNO. The zero-order chi connectivity index (χ0) is 13.0. The fourth-order valence-corrected chi connectivity index (χ4v) is 1.91. The molecule has 0 radical (unpaired) electrons. The molecular weight excluding hydrogens is 229 g/mol. The summed E-state index contributed by atoms with van der Waals surface area (Å²) in [6, 6.07) is 14.1. The SMILES string of the molecule is COc1ccc(F)c(C(N)Cc2ccccc2)c1. The van der Waals surface area contributed by atoms with Crippen LogP contribution in [0.15, 0.2) is 48.5 Å². The maximum Gasteiger partial charge on any atom is 0.128 e. The first kappa shape index (κ1) is 12.6. The molecule has 0 aliphatic rings. The van der Waals surface area contributed by atoms with Crippen LogP contribution in [-0.2, 0) is 6.42 Å². The highest BCUT2D eigenvalue weighted by atomic mass is 19.1. The van der Waals surface area contributed by atoms with Crippen molar-refractivity contribution in [1.82, 2.24) is 0 Å². The van der Waals surface area contributed by atoms with E-state index in [0.717, 1.165) is 5.56 Å². The van der Waals surface area contributed by atoms with Crippen LogP contribution >= 0.6 is 0 Å². The molecule has 94 valence electrons. The molecule has 0 aliphatic heterocycles. The molecule has 1 unspecified atom stereocenters. The van der Waals surface area contributed by atoms with E-state index in [0.29, 0.717) is 17.7 Å². The molecule has 2 nitrogen and oxygen atoms in total. The van der Waals surface area contributed by atoms with E-state index in [1.807, 2.05) is 30.3 Å². The minimum Gasteiger partial charge on any atom is -0.497 e. The van der Waals surface area contributed by atoms with Crippen molar-refractivity contribution >= 4 is 0 Å². The summed E-state index contributed by atoms with van der Waals surface area (Å²) >= 11 is 0. The lowest BCUT2D eigenvalue weighted by Gasteiger charge is -2.14. The van der Waals surface area contributed by atoms with Crippen molar-refractivity contribution in [2.24, 2.45) is 5.73 Å². The van der Waals surface area contributed by atoms with E-state index in [2.05, 4.69) is 0 Å². The molecule has 2 N–H and O–H groups in total. The Hall–Kier alpha value is -1.87. The second-order valence-electron chi connectivity index (χ2n) is 4.18. The van der Waals surface area contributed by atoms with Gasteiger partial charge >= 0.3 is 0 Å². The Labute approximate surface area is 106 Å². The van der Waals surface area contributed by atoms with Crippen molar-refractivity contribution in [3.8, 4) is 5.75 Å². The van der Waals surface area contributed by atoms with E-state index in [4.69, 9.17) is 10.5 Å². The van der Waals surface area contributed by atoms with Crippen LogP contribution in [-0.4, -0.2) is 7.11 Å². The second kappa shape index (κ2) is 5.65. The van der Waals surface area contributed by atoms with Gasteiger partial charge in [-0.1, -0.05) is 30.3 Å². The van der Waals surface area contributed by atoms with Gasteiger partial charge in [0.2, 0.25) is 0 Å². The molecule has 0 fully saturated rings. The predicted molar refractivity (Wildman–Crippen MR) is 70.0 cm³/mol. The van der Waals surface area contributed by atoms with Crippen molar-refractivity contribution in [1.29, 1.82) is 0 Å².